The third-order valence-corrected chi connectivity index (χ3v) is 4.86. The van der Waals surface area contributed by atoms with Gasteiger partial charge < -0.3 is 10.4 Å². The average molecular weight is 306 g/mol. The van der Waals surface area contributed by atoms with E-state index in [4.69, 9.17) is 5.11 Å². The molecule has 3 rings (SSSR count). The van der Waals surface area contributed by atoms with Crippen LogP contribution in [0.15, 0.2) is 12.3 Å². The first-order valence-corrected chi connectivity index (χ1v) is 8.36. The SMILES string of the molecule is C[C@@H](C(=O)NC1CC1)N1CCC(c2ccnn2CCO)CC1. The van der Waals surface area contributed by atoms with E-state index < -0.39 is 0 Å². The summed E-state index contributed by atoms with van der Waals surface area (Å²) in [7, 11) is 0. The Hall–Kier alpha value is -1.40. The van der Waals surface area contributed by atoms with E-state index in [0.717, 1.165) is 38.8 Å². The smallest absolute Gasteiger partial charge is 0.237 e. The summed E-state index contributed by atoms with van der Waals surface area (Å²) < 4.78 is 1.91. The van der Waals surface area contributed by atoms with E-state index in [2.05, 4.69) is 21.4 Å². The summed E-state index contributed by atoms with van der Waals surface area (Å²) in [5.74, 6) is 0.648. The zero-order valence-electron chi connectivity index (χ0n) is 13.2. The van der Waals surface area contributed by atoms with Gasteiger partial charge in [0.15, 0.2) is 0 Å². The largest absolute Gasteiger partial charge is 0.394 e. The van der Waals surface area contributed by atoms with Crippen molar-refractivity contribution in [2.24, 2.45) is 0 Å². The number of aromatic nitrogens is 2. The number of carbonyl (C=O) groups excluding carboxylic acids is 1. The summed E-state index contributed by atoms with van der Waals surface area (Å²) in [6.45, 7) is 4.56. The Bertz CT molecular complexity index is 504. The Kier molecular flexibility index (Phi) is 4.78. The monoisotopic (exact) mass is 306 g/mol. The quantitative estimate of drug-likeness (QED) is 0.812. The van der Waals surface area contributed by atoms with E-state index in [-0.39, 0.29) is 18.6 Å². The topological polar surface area (TPSA) is 70.4 Å². The standard InChI is InChI=1S/C16H26N4O2/c1-12(16(22)18-14-2-3-14)19-8-5-13(6-9-19)15-4-7-17-20(15)10-11-21/h4,7,12-14,21H,2-3,5-6,8-11H2,1H3,(H,18,22)/t12-/m0/s1. The molecule has 1 aliphatic heterocycles. The van der Waals surface area contributed by atoms with Gasteiger partial charge in [0, 0.05) is 23.9 Å². The second-order valence-electron chi connectivity index (χ2n) is 6.47. The summed E-state index contributed by atoms with van der Waals surface area (Å²) in [5.41, 5.74) is 1.21. The van der Waals surface area contributed by atoms with E-state index in [0.29, 0.717) is 18.5 Å². The first kappa shape index (κ1) is 15.5. The van der Waals surface area contributed by atoms with Crippen LogP contribution in [0.5, 0.6) is 0 Å². The zero-order valence-corrected chi connectivity index (χ0v) is 13.2. The molecule has 6 heteroatoms. The molecule has 2 aliphatic rings. The zero-order chi connectivity index (χ0) is 15.5. The van der Waals surface area contributed by atoms with E-state index in [1.807, 2.05) is 17.8 Å². The molecule has 0 unspecified atom stereocenters. The number of likely N-dealkylation sites (tertiary alicyclic amines) is 1. The van der Waals surface area contributed by atoms with Gasteiger partial charge in [-0.15, -0.1) is 0 Å². The molecule has 1 saturated heterocycles. The molecule has 6 nitrogen and oxygen atoms in total. The number of rotatable bonds is 6. The van der Waals surface area contributed by atoms with Crippen LogP contribution in [-0.4, -0.2) is 57.5 Å². The van der Waals surface area contributed by atoms with Crippen LogP contribution >= 0.6 is 0 Å². The Balaban J connectivity index is 1.53. The van der Waals surface area contributed by atoms with Crippen molar-refractivity contribution in [2.45, 2.75) is 57.2 Å². The van der Waals surface area contributed by atoms with Gasteiger partial charge in [0.25, 0.3) is 0 Å². The summed E-state index contributed by atoms with van der Waals surface area (Å²) in [5, 5.41) is 16.5. The number of nitrogens with zero attached hydrogens (tertiary/aromatic N) is 3. The Labute approximate surface area is 131 Å². The summed E-state index contributed by atoms with van der Waals surface area (Å²) in [6, 6.07) is 2.45. The minimum Gasteiger partial charge on any atom is -0.394 e. The molecular formula is C16H26N4O2. The van der Waals surface area contributed by atoms with Gasteiger partial charge in [0.2, 0.25) is 5.91 Å². The molecule has 0 radical (unpaired) electrons. The molecule has 1 aliphatic carbocycles. The summed E-state index contributed by atoms with van der Waals surface area (Å²) in [6.07, 6.45) is 6.16. The van der Waals surface area contributed by atoms with E-state index >= 15 is 0 Å². The van der Waals surface area contributed by atoms with Crippen molar-refractivity contribution in [3.8, 4) is 0 Å². The minimum absolute atomic E-state index is 0.0381. The number of hydrogen-bond donors (Lipinski definition) is 2. The second-order valence-corrected chi connectivity index (χ2v) is 6.47. The maximum atomic E-state index is 12.1. The molecule has 0 spiro atoms. The van der Waals surface area contributed by atoms with Crippen molar-refractivity contribution in [1.29, 1.82) is 0 Å². The van der Waals surface area contributed by atoms with Crippen LogP contribution in [0.2, 0.25) is 0 Å². The highest BCUT2D eigenvalue weighted by Gasteiger charge is 2.31. The van der Waals surface area contributed by atoms with E-state index in [1.54, 1.807) is 0 Å². The number of carbonyl (C=O) groups is 1. The highest BCUT2D eigenvalue weighted by atomic mass is 16.3. The maximum absolute atomic E-state index is 12.1. The molecule has 2 fully saturated rings. The molecule has 122 valence electrons. The summed E-state index contributed by atoms with van der Waals surface area (Å²) in [4.78, 5) is 14.4. The normalized spacial score (nSPS) is 21.7. The maximum Gasteiger partial charge on any atom is 0.237 e. The highest BCUT2D eigenvalue weighted by molar-refractivity contribution is 5.81. The lowest BCUT2D eigenvalue weighted by atomic mass is 9.92. The van der Waals surface area contributed by atoms with Gasteiger partial charge in [-0.2, -0.15) is 5.10 Å². The third-order valence-electron chi connectivity index (χ3n) is 4.86. The number of hydrogen-bond acceptors (Lipinski definition) is 4. The van der Waals surface area contributed by atoms with E-state index in [1.165, 1.54) is 5.69 Å². The Morgan fingerprint density at radius 2 is 2.14 bits per heavy atom. The van der Waals surface area contributed by atoms with Gasteiger partial charge in [-0.25, -0.2) is 0 Å². The average Bonchev–Trinajstić information content (AvgIpc) is 3.23. The predicted octanol–water partition coefficient (Wildman–Crippen LogP) is 0.722. The number of nitrogens with one attached hydrogen (secondary N) is 1. The molecule has 0 bridgehead atoms. The molecular weight excluding hydrogens is 280 g/mol. The van der Waals surface area contributed by atoms with Crippen molar-refractivity contribution in [1.82, 2.24) is 20.0 Å². The van der Waals surface area contributed by atoms with Crippen LogP contribution in [0.25, 0.3) is 0 Å². The fourth-order valence-corrected chi connectivity index (χ4v) is 3.27. The van der Waals surface area contributed by atoms with Gasteiger partial charge in [-0.05, 0) is 51.8 Å². The molecule has 1 saturated carbocycles. The molecule has 1 amide bonds. The first-order valence-electron chi connectivity index (χ1n) is 8.36. The van der Waals surface area contributed by atoms with Crippen molar-refractivity contribution >= 4 is 5.91 Å². The molecule has 1 aromatic heterocycles. The van der Waals surface area contributed by atoms with Gasteiger partial charge in [-0.3, -0.25) is 14.4 Å². The lowest BCUT2D eigenvalue weighted by Crippen LogP contribution is -2.48. The molecule has 22 heavy (non-hydrogen) atoms. The first-order chi connectivity index (χ1) is 10.7. The Morgan fingerprint density at radius 1 is 1.41 bits per heavy atom. The molecule has 2 heterocycles. The molecule has 0 aromatic carbocycles. The van der Waals surface area contributed by atoms with Crippen molar-refractivity contribution in [3.63, 3.8) is 0 Å². The van der Waals surface area contributed by atoms with Gasteiger partial charge >= 0.3 is 0 Å². The lowest BCUT2D eigenvalue weighted by molar-refractivity contribution is -0.126. The minimum atomic E-state index is -0.0381. The Morgan fingerprint density at radius 3 is 2.77 bits per heavy atom. The van der Waals surface area contributed by atoms with Crippen molar-refractivity contribution in [3.05, 3.63) is 18.0 Å². The predicted molar refractivity (Wildman–Crippen MR) is 83.5 cm³/mol. The fourth-order valence-electron chi connectivity index (χ4n) is 3.27. The van der Waals surface area contributed by atoms with Crippen LogP contribution in [0.3, 0.4) is 0 Å². The number of piperidine rings is 1. The number of amides is 1. The molecule has 2 N–H and O–H groups in total. The second kappa shape index (κ2) is 6.79. The van der Waals surface area contributed by atoms with E-state index in [9.17, 15) is 4.79 Å². The van der Waals surface area contributed by atoms with Gasteiger partial charge in [-0.1, -0.05) is 0 Å². The number of aliphatic hydroxyl groups excluding tert-OH is 1. The number of aliphatic hydroxyl groups is 1. The summed E-state index contributed by atoms with van der Waals surface area (Å²) >= 11 is 0. The van der Waals surface area contributed by atoms with Crippen molar-refractivity contribution < 1.29 is 9.90 Å². The van der Waals surface area contributed by atoms with Crippen LogP contribution in [-0.2, 0) is 11.3 Å². The van der Waals surface area contributed by atoms with Crippen LogP contribution in [0, 0.1) is 0 Å². The lowest BCUT2D eigenvalue weighted by Gasteiger charge is -2.35. The van der Waals surface area contributed by atoms with Gasteiger partial charge in [0.1, 0.15) is 0 Å². The molecule has 1 atom stereocenters. The van der Waals surface area contributed by atoms with Gasteiger partial charge in [0.05, 0.1) is 19.2 Å². The molecule has 1 aromatic rings. The van der Waals surface area contributed by atoms with Crippen LogP contribution < -0.4 is 5.32 Å². The van der Waals surface area contributed by atoms with Crippen molar-refractivity contribution in [2.75, 3.05) is 19.7 Å². The highest BCUT2D eigenvalue weighted by Crippen LogP contribution is 2.29. The third kappa shape index (κ3) is 3.50. The fraction of sp³-hybridized carbons (Fsp3) is 0.750. The van der Waals surface area contributed by atoms with Crippen LogP contribution in [0.4, 0.5) is 0 Å². The van der Waals surface area contributed by atoms with Crippen LogP contribution in [0.1, 0.15) is 44.2 Å².